The van der Waals surface area contributed by atoms with E-state index in [-0.39, 0.29) is 0 Å². The molecule has 150 valence electrons. The molecule has 0 fully saturated rings. The summed E-state index contributed by atoms with van der Waals surface area (Å²) in [6.45, 7) is 0.539. The molecular formula is C27H21N3O. The molecule has 3 aromatic heterocycles. The number of benzene rings is 2. The third kappa shape index (κ3) is 4.14. The molecule has 3 heterocycles. The van der Waals surface area contributed by atoms with E-state index >= 15 is 0 Å². The van der Waals surface area contributed by atoms with E-state index in [1.165, 1.54) is 5.56 Å². The quantitative estimate of drug-likeness (QED) is 0.350. The van der Waals surface area contributed by atoms with Gasteiger partial charge < -0.3 is 4.74 Å². The van der Waals surface area contributed by atoms with Crippen molar-refractivity contribution in [2.45, 2.75) is 6.42 Å². The van der Waals surface area contributed by atoms with Crippen molar-refractivity contribution in [3.8, 4) is 28.3 Å². The van der Waals surface area contributed by atoms with Gasteiger partial charge in [-0.2, -0.15) is 0 Å². The Bertz CT molecular complexity index is 1290. The second-order valence-corrected chi connectivity index (χ2v) is 7.25. The van der Waals surface area contributed by atoms with E-state index in [1.54, 1.807) is 18.6 Å². The van der Waals surface area contributed by atoms with Crippen LogP contribution in [0.1, 0.15) is 5.56 Å². The zero-order chi connectivity index (χ0) is 20.9. The summed E-state index contributed by atoms with van der Waals surface area (Å²) >= 11 is 0. The highest BCUT2D eigenvalue weighted by Crippen LogP contribution is 2.35. The molecule has 0 bridgehead atoms. The maximum absolute atomic E-state index is 6.09. The van der Waals surface area contributed by atoms with Crippen molar-refractivity contribution in [3.05, 3.63) is 109 Å². The molecule has 0 saturated carbocycles. The summed E-state index contributed by atoms with van der Waals surface area (Å²) in [6.07, 6.45) is 6.15. The van der Waals surface area contributed by atoms with Crippen LogP contribution < -0.4 is 4.74 Å². The summed E-state index contributed by atoms with van der Waals surface area (Å²) in [5.74, 6) is 0.607. The van der Waals surface area contributed by atoms with Gasteiger partial charge in [0, 0.05) is 36.1 Å². The predicted molar refractivity (Wildman–Crippen MR) is 124 cm³/mol. The van der Waals surface area contributed by atoms with Crippen LogP contribution in [0.4, 0.5) is 0 Å². The van der Waals surface area contributed by atoms with Crippen molar-refractivity contribution < 1.29 is 4.74 Å². The number of pyridine rings is 3. The van der Waals surface area contributed by atoms with Gasteiger partial charge in [-0.15, -0.1) is 0 Å². The molecule has 0 atom stereocenters. The summed E-state index contributed by atoms with van der Waals surface area (Å²) in [5.41, 5.74) is 6.26. The van der Waals surface area contributed by atoms with Gasteiger partial charge in [0.1, 0.15) is 0 Å². The first-order chi connectivity index (χ1) is 15.4. The summed E-state index contributed by atoms with van der Waals surface area (Å²) in [7, 11) is 0. The Labute approximate surface area is 181 Å². The van der Waals surface area contributed by atoms with Crippen molar-refractivity contribution in [1.29, 1.82) is 0 Å². The number of rotatable bonds is 6. The van der Waals surface area contributed by atoms with Crippen LogP contribution in [-0.4, -0.2) is 21.6 Å². The molecule has 0 unspecified atom stereocenters. The number of ether oxygens (including phenoxy) is 1. The van der Waals surface area contributed by atoms with E-state index in [9.17, 15) is 0 Å². The Morgan fingerprint density at radius 3 is 2.16 bits per heavy atom. The standard InChI is InChI=1S/C27H21N3O/c1-3-7-21(8-4-1)23-19-24-25(30-26(23)22-9-5-2-6-10-22)13-17-29-27(24)31-18-14-20-11-15-28-16-12-20/h1-13,15-17,19H,14,18H2. The second-order valence-electron chi connectivity index (χ2n) is 7.25. The third-order valence-electron chi connectivity index (χ3n) is 5.22. The smallest absolute Gasteiger partial charge is 0.222 e. The SMILES string of the molecule is c1ccc(-c2cc3c(OCCc4ccncc4)nccc3nc2-c2ccccc2)cc1. The van der Waals surface area contributed by atoms with E-state index in [2.05, 4.69) is 40.3 Å². The lowest BCUT2D eigenvalue weighted by atomic mass is 9.98. The minimum atomic E-state index is 0.539. The van der Waals surface area contributed by atoms with Gasteiger partial charge in [0.25, 0.3) is 0 Å². The number of nitrogens with zero attached hydrogens (tertiary/aromatic N) is 3. The van der Waals surface area contributed by atoms with Crippen LogP contribution in [0.25, 0.3) is 33.3 Å². The topological polar surface area (TPSA) is 47.9 Å². The molecule has 0 saturated heterocycles. The van der Waals surface area contributed by atoms with Crippen LogP contribution in [0.3, 0.4) is 0 Å². The molecule has 0 spiro atoms. The van der Waals surface area contributed by atoms with Crippen molar-refractivity contribution in [2.75, 3.05) is 6.61 Å². The van der Waals surface area contributed by atoms with Crippen LogP contribution in [0.5, 0.6) is 5.88 Å². The van der Waals surface area contributed by atoms with Gasteiger partial charge in [0.15, 0.2) is 0 Å². The number of fused-ring (bicyclic) bond motifs is 1. The highest BCUT2D eigenvalue weighted by atomic mass is 16.5. The van der Waals surface area contributed by atoms with Crippen LogP contribution in [0.15, 0.2) is 104 Å². The van der Waals surface area contributed by atoms with Gasteiger partial charge in [0.05, 0.1) is 23.2 Å². The van der Waals surface area contributed by atoms with Gasteiger partial charge >= 0.3 is 0 Å². The zero-order valence-corrected chi connectivity index (χ0v) is 17.0. The fraction of sp³-hybridized carbons (Fsp3) is 0.0741. The van der Waals surface area contributed by atoms with Crippen molar-refractivity contribution in [3.63, 3.8) is 0 Å². The van der Waals surface area contributed by atoms with Crippen LogP contribution >= 0.6 is 0 Å². The van der Waals surface area contributed by atoms with E-state index < -0.39 is 0 Å². The van der Waals surface area contributed by atoms with Crippen molar-refractivity contribution >= 4 is 10.9 Å². The molecule has 2 aromatic carbocycles. The minimum Gasteiger partial charge on any atom is -0.477 e. The van der Waals surface area contributed by atoms with Crippen molar-refractivity contribution in [1.82, 2.24) is 15.0 Å². The first-order valence-electron chi connectivity index (χ1n) is 10.3. The monoisotopic (exact) mass is 403 g/mol. The first kappa shape index (κ1) is 18.9. The third-order valence-corrected chi connectivity index (χ3v) is 5.22. The lowest BCUT2D eigenvalue weighted by Gasteiger charge is -2.14. The summed E-state index contributed by atoms with van der Waals surface area (Å²) in [6, 6.07) is 28.7. The summed E-state index contributed by atoms with van der Waals surface area (Å²) < 4.78 is 6.09. The maximum atomic E-state index is 6.09. The normalized spacial score (nSPS) is 10.8. The highest BCUT2D eigenvalue weighted by molar-refractivity contribution is 5.93. The molecule has 0 aliphatic heterocycles. The van der Waals surface area contributed by atoms with Crippen LogP contribution in [0, 0.1) is 0 Å². The largest absolute Gasteiger partial charge is 0.477 e. The molecular weight excluding hydrogens is 382 g/mol. The van der Waals surface area contributed by atoms with Gasteiger partial charge in [0.2, 0.25) is 5.88 Å². The molecule has 0 N–H and O–H groups in total. The fourth-order valence-electron chi connectivity index (χ4n) is 3.65. The number of hydrogen-bond donors (Lipinski definition) is 0. The van der Waals surface area contributed by atoms with Gasteiger partial charge in [-0.3, -0.25) is 4.98 Å². The Balaban J connectivity index is 1.56. The van der Waals surface area contributed by atoms with E-state index in [4.69, 9.17) is 9.72 Å². The molecule has 5 aromatic rings. The van der Waals surface area contributed by atoms with E-state index in [0.29, 0.717) is 12.5 Å². The molecule has 5 rings (SSSR count). The molecule has 0 aliphatic carbocycles. The van der Waals surface area contributed by atoms with Crippen molar-refractivity contribution in [2.24, 2.45) is 0 Å². The average molecular weight is 403 g/mol. The zero-order valence-electron chi connectivity index (χ0n) is 17.0. The van der Waals surface area contributed by atoms with Crippen LogP contribution in [-0.2, 0) is 6.42 Å². The molecule has 0 amide bonds. The summed E-state index contributed by atoms with van der Waals surface area (Å²) in [5, 5.41) is 0.913. The fourth-order valence-corrected chi connectivity index (χ4v) is 3.65. The number of aromatic nitrogens is 3. The Kier molecular flexibility index (Phi) is 5.35. The second kappa shape index (κ2) is 8.76. The number of hydrogen-bond acceptors (Lipinski definition) is 4. The van der Waals surface area contributed by atoms with E-state index in [0.717, 1.165) is 39.7 Å². The molecule has 4 heteroatoms. The predicted octanol–water partition coefficient (Wildman–Crippen LogP) is 5.98. The molecule has 31 heavy (non-hydrogen) atoms. The van der Waals surface area contributed by atoms with Gasteiger partial charge in [-0.05, 0) is 35.4 Å². The maximum Gasteiger partial charge on any atom is 0.222 e. The Morgan fingerprint density at radius 2 is 1.42 bits per heavy atom. The molecule has 0 aliphatic rings. The lowest BCUT2D eigenvalue weighted by Crippen LogP contribution is -2.04. The summed E-state index contributed by atoms with van der Waals surface area (Å²) in [4.78, 5) is 13.6. The Morgan fingerprint density at radius 1 is 0.710 bits per heavy atom. The van der Waals surface area contributed by atoms with Gasteiger partial charge in [-0.1, -0.05) is 60.7 Å². The first-order valence-corrected chi connectivity index (χ1v) is 10.3. The average Bonchev–Trinajstić information content (AvgIpc) is 2.85. The van der Waals surface area contributed by atoms with Gasteiger partial charge in [-0.25, -0.2) is 9.97 Å². The van der Waals surface area contributed by atoms with Crippen LogP contribution in [0.2, 0.25) is 0 Å². The van der Waals surface area contributed by atoms with E-state index in [1.807, 2.05) is 54.6 Å². The Hall–Kier alpha value is -4.05. The lowest BCUT2D eigenvalue weighted by molar-refractivity contribution is 0.313. The highest BCUT2D eigenvalue weighted by Gasteiger charge is 2.14. The molecule has 0 radical (unpaired) electrons. The molecule has 4 nitrogen and oxygen atoms in total. The minimum absolute atomic E-state index is 0.539.